The third-order valence-corrected chi connectivity index (χ3v) is 5.36. The van der Waals surface area contributed by atoms with Crippen molar-refractivity contribution in [1.82, 2.24) is 20.1 Å². The number of carbonyl (C=O) groups is 2. The standard InChI is InChI=1S/C20H30N4O2.ClH/c1-3-6-16-11-23(12-17-8-4-7-15(2)21-17)13-18(16)22-19(25)14-24-10-5-9-20(24)26;/h4,7-8,16,18H,3,5-6,9-14H2,1-2H3,(H,22,25);1H/t16-,18-;/m0./s1. The number of aryl methyl sites for hydroxylation is 1. The molecule has 0 aromatic carbocycles. The van der Waals surface area contributed by atoms with Crippen LogP contribution in [0.3, 0.4) is 0 Å². The van der Waals surface area contributed by atoms with Crippen molar-refractivity contribution in [3.63, 3.8) is 0 Å². The number of nitrogens with zero attached hydrogens (tertiary/aromatic N) is 3. The van der Waals surface area contributed by atoms with Crippen LogP contribution in [0.1, 0.15) is 44.0 Å². The number of nitrogens with one attached hydrogen (secondary N) is 1. The molecular formula is C20H31ClN4O2. The summed E-state index contributed by atoms with van der Waals surface area (Å²) in [5.41, 5.74) is 2.11. The number of hydrogen-bond acceptors (Lipinski definition) is 4. The van der Waals surface area contributed by atoms with E-state index in [-0.39, 0.29) is 36.8 Å². The van der Waals surface area contributed by atoms with Crippen LogP contribution in [-0.4, -0.2) is 58.8 Å². The number of carbonyl (C=O) groups excluding carboxylic acids is 2. The van der Waals surface area contributed by atoms with E-state index in [0.29, 0.717) is 18.9 Å². The molecule has 2 aliphatic rings. The van der Waals surface area contributed by atoms with Crippen LogP contribution in [-0.2, 0) is 16.1 Å². The minimum Gasteiger partial charge on any atom is -0.350 e. The van der Waals surface area contributed by atoms with Crippen LogP contribution in [0, 0.1) is 12.8 Å². The quantitative estimate of drug-likeness (QED) is 0.769. The molecule has 2 amide bonds. The van der Waals surface area contributed by atoms with Crippen LogP contribution in [0.25, 0.3) is 0 Å². The van der Waals surface area contributed by atoms with Crippen molar-refractivity contribution in [1.29, 1.82) is 0 Å². The molecule has 3 rings (SSSR count). The molecule has 1 N–H and O–H groups in total. The van der Waals surface area contributed by atoms with Crippen LogP contribution >= 0.6 is 12.4 Å². The molecule has 3 heterocycles. The Bertz CT molecular complexity index is 655. The summed E-state index contributed by atoms with van der Waals surface area (Å²) < 4.78 is 0. The van der Waals surface area contributed by atoms with E-state index in [0.717, 1.165) is 50.3 Å². The molecule has 2 fully saturated rings. The summed E-state index contributed by atoms with van der Waals surface area (Å²) in [6.07, 6.45) is 3.65. The van der Waals surface area contributed by atoms with E-state index >= 15 is 0 Å². The summed E-state index contributed by atoms with van der Waals surface area (Å²) in [6, 6.07) is 6.27. The van der Waals surface area contributed by atoms with Gasteiger partial charge in [0.25, 0.3) is 0 Å². The minimum absolute atomic E-state index is 0. The van der Waals surface area contributed by atoms with Crippen LogP contribution in [0.2, 0.25) is 0 Å². The normalized spacial score (nSPS) is 22.7. The highest BCUT2D eigenvalue weighted by Crippen LogP contribution is 2.23. The van der Waals surface area contributed by atoms with E-state index in [9.17, 15) is 9.59 Å². The molecule has 0 unspecified atom stereocenters. The zero-order valence-corrected chi connectivity index (χ0v) is 17.1. The molecule has 0 radical (unpaired) electrons. The van der Waals surface area contributed by atoms with Crippen LogP contribution in [0.15, 0.2) is 18.2 Å². The first kappa shape index (κ1) is 21.6. The van der Waals surface area contributed by atoms with Gasteiger partial charge in [-0.3, -0.25) is 19.5 Å². The Morgan fingerprint density at radius 3 is 2.81 bits per heavy atom. The van der Waals surface area contributed by atoms with Gasteiger partial charge >= 0.3 is 0 Å². The summed E-state index contributed by atoms with van der Waals surface area (Å²) in [7, 11) is 0. The highest BCUT2D eigenvalue weighted by Gasteiger charge is 2.34. The first-order chi connectivity index (χ1) is 12.5. The zero-order chi connectivity index (χ0) is 18.5. The molecule has 2 aliphatic heterocycles. The first-order valence-corrected chi connectivity index (χ1v) is 9.77. The van der Waals surface area contributed by atoms with Crippen molar-refractivity contribution in [2.24, 2.45) is 5.92 Å². The molecule has 1 aromatic heterocycles. The molecule has 6 nitrogen and oxygen atoms in total. The van der Waals surface area contributed by atoms with Gasteiger partial charge in [0.2, 0.25) is 11.8 Å². The van der Waals surface area contributed by atoms with E-state index in [1.165, 1.54) is 0 Å². The molecule has 7 heteroatoms. The maximum atomic E-state index is 12.4. The Kier molecular flexibility index (Phi) is 8.05. The molecule has 2 atom stereocenters. The maximum absolute atomic E-state index is 12.4. The lowest BCUT2D eigenvalue weighted by Gasteiger charge is -2.21. The summed E-state index contributed by atoms with van der Waals surface area (Å²) in [6.45, 7) is 7.76. The summed E-state index contributed by atoms with van der Waals surface area (Å²) >= 11 is 0. The Morgan fingerprint density at radius 2 is 2.15 bits per heavy atom. The lowest BCUT2D eigenvalue weighted by atomic mass is 9.98. The van der Waals surface area contributed by atoms with Gasteiger partial charge in [-0.1, -0.05) is 19.4 Å². The highest BCUT2D eigenvalue weighted by atomic mass is 35.5. The molecule has 1 aromatic rings. The van der Waals surface area contributed by atoms with Gasteiger partial charge in [-0.15, -0.1) is 12.4 Å². The topological polar surface area (TPSA) is 65.5 Å². The Balaban J connectivity index is 0.00000261. The van der Waals surface area contributed by atoms with Crippen molar-refractivity contribution >= 4 is 24.2 Å². The molecular weight excluding hydrogens is 364 g/mol. The van der Waals surface area contributed by atoms with Gasteiger partial charge in [-0.2, -0.15) is 0 Å². The average molecular weight is 395 g/mol. The van der Waals surface area contributed by atoms with Gasteiger partial charge < -0.3 is 10.2 Å². The van der Waals surface area contributed by atoms with Crippen LogP contribution in [0.5, 0.6) is 0 Å². The maximum Gasteiger partial charge on any atom is 0.239 e. The second kappa shape index (κ2) is 10.0. The average Bonchev–Trinajstić information content (AvgIpc) is 3.14. The van der Waals surface area contributed by atoms with Crippen molar-refractivity contribution in [2.75, 3.05) is 26.2 Å². The molecule has 0 aliphatic carbocycles. The summed E-state index contributed by atoms with van der Waals surface area (Å²) in [5, 5.41) is 3.19. The van der Waals surface area contributed by atoms with E-state index in [4.69, 9.17) is 0 Å². The number of aromatic nitrogens is 1. The van der Waals surface area contributed by atoms with Gasteiger partial charge in [-0.25, -0.2) is 0 Å². The van der Waals surface area contributed by atoms with Crippen molar-refractivity contribution < 1.29 is 9.59 Å². The molecule has 0 spiro atoms. The van der Waals surface area contributed by atoms with Crippen LogP contribution < -0.4 is 5.32 Å². The fourth-order valence-corrected chi connectivity index (χ4v) is 4.13. The summed E-state index contributed by atoms with van der Waals surface area (Å²) in [4.78, 5) is 32.8. The molecule has 27 heavy (non-hydrogen) atoms. The second-order valence-corrected chi connectivity index (χ2v) is 7.61. The second-order valence-electron chi connectivity index (χ2n) is 7.61. The van der Waals surface area contributed by atoms with Crippen LogP contribution in [0.4, 0.5) is 0 Å². The largest absolute Gasteiger partial charge is 0.350 e. The Labute approximate surface area is 168 Å². The van der Waals surface area contributed by atoms with E-state index in [1.54, 1.807) is 4.90 Å². The highest BCUT2D eigenvalue weighted by molar-refractivity contribution is 5.86. The van der Waals surface area contributed by atoms with E-state index in [1.807, 2.05) is 19.1 Å². The summed E-state index contributed by atoms with van der Waals surface area (Å²) in [5.74, 6) is 0.536. The lowest BCUT2D eigenvalue weighted by Crippen LogP contribution is -2.45. The zero-order valence-electron chi connectivity index (χ0n) is 16.3. The first-order valence-electron chi connectivity index (χ1n) is 9.77. The number of likely N-dealkylation sites (tertiary alicyclic amines) is 2. The monoisotopic (exact) mass is 394 g/mol. The van der Waals surface area contributed by atoms with Crippen molar-refractivity contribution in [2.45, 2.75) is 52.1 Å². The molecule has 0 saturated carbocycles. The van der Waals surface area contributed by atoms with E-state index < -0.39 is 0 Å². The smallest absolute Gasteiger partial charge is 0.239 e. The van der Waals surface area contributed by atoms with Crippen molar-refractivity contribution in [3.05, 3.63) is 29.6 Å². The third-order valence-electron chi connectivity index (χ3n) is 5.36. The molecule has 0 bridgehead atoms. The van der Waals surface area contributed by atoms with Gasteiger partial charge in [0.15, 0.2) is 0 Å². The fraction of sp³-hybridized carbons (Fsp3) is 0.650. The number of amides is 2. The number of rotatable bonds is 7. The predicted molar refractivity (Wildman–Crippen MR) is 108 cm³/mol. The van der Waals surface area contributed by atoms with Gasteiger partial charge in [0, 0.05) is 44.3 Å². The molecule has 150 valence electrons. The lowest BCUT2D eigenvalue weighted by molar-refractivity contribution is -0.133. The third kappa shape index (κ3) is 5.91. The number of hydrogen-bond donors (Lipinski definition) is 1. The van der Waals surface area contributed by atoms with Gasteiger partial charge in [-0.05, 0) is 37.8 Å². The van der Waals surface area contributed by atoms with Crippen molar-refractivity contribution in [3.8, 4) is 0 Å². The Hall–Kier alpha value is -1.66. The SMILES string of the molecule is CCC[C@H]1CN(Cc2cccc(C)n2)C[C@@H]1NC(=O)CN1CCCC1=O.Cl. The fourth-order valence-electron chi connectivity index (χ4n) is 4.13. The van der Waals surface area contributed by atoms with Gasteiger partial charge in [0.1, 0.15) is 0 Å². The van der Waals surface area contributed by atoms with Gasteiger partial charge in [0.05, 0.1) is 12.2 Å². The van der Waals surface area contributed by atoms with E-state index in [2.05, 4.69) is 28.2 Å². The minimum atomic E-state index is -0.0260. The number of halogens is 1. The predicted octanol–water partition coefficient (Wildman–Crippen LogP) is 2.15. The number of pyridine rings is 1. The Morgan fingerprint density at radius 1 is 1.33 bits per heavy atom. The molecule has 2 saturated heterocycles.